The standard InChI is InChI=1S/C20H18ClF3N2O6/c1-5-8-31-17(29)19(2,3)32-16(28)12-9-11(6-7-13(12)21)26-15(27)10-14(20(22,23)24)25(4)18(26)30/h5-10H,1-4H3. The molecule has 0 aliphatic carbocycles. The number of benzene rings is 1. The highest BCUT2D eigenvalue weighted by molar-refractivity contribution is 6.33. The highest BCUT2D eigenvalue weighted by Crippen LogP contribution is 2.27. The van der Waals surface area contributed by atoms with Gasteiger partial charge in [0.1, 0.15) is 5.69 Å². The Morgan fingerprint density at radius 2 is 1.75 bits per heavy atom. The lowest BCUT2D eigenvalue weighted by Crippen LogP contribution is -2.41. The van der Waals surface area contributed by atoms with Crippen LogP contribution in [0.4, 0.5) is 13.2 Å². The normalized spacial score (nSPS) is 12.1. The van der Waals surface area contributed by atoms with Crippen LogP contribution in [0.1, 0.15) is 36.8 Å². The number of halogens is 4. The topological polar surface area (TPSA) is 96.6 Å². The smallest absolute Gasteiger partial charge is 0.431 e. The second kappa shape index (κ2) is 9.03. The number of aromatic nitrogens is 2. The molecule has 0 aliphatic heterocycles. The fourth-order valence-corrected chi connectivity index (χ4v) is 2.74. The van der Waals surface area contributed by atoms with Crippen LogP contribution in [-0.4, -0.2) is 26.7 Å². The number of ether oxygens (including phenoxy) is 2. The zero-order chi connectivity index (χ0) is 24.4. The molecule has 0 N–H and O–H groups in total. The van der Waals surface area contributed by atoms with Crippen molar-refractivity contribution in [1.29, 1.82) is 0 Å². The second-order valence-corrected chi connectivity index (χ2v) is 7.39. The van der Waals surface area contributed by atoms with Crippen molar-refractivity contribution in [1.82, 2.24) is 9.13 Å². The summed E-state index contributed by atoms with van der Waals surface area (Å²) in [4.78, 5) is 49.4. The SMILES string of the molecule is CC=COC(=O)C(C)(C)OC(=O)c1cc(-n2c(=O)cc(C(F)(F)F)n(C)c2=O)ccc1Cl. The quantitative estimate of drug-likeness (QED) is 0.487. The summed E-state index contributed by atoms with van der Waals surface area (Å²) in [7, 11) is 0.852. The van der Waals surface area contributed by atoms with Crippen LogP contribution in [0.25, 0.3) is 5.69 Å². The molecule has 172 valence electrons. The highest BCUT2D eigenvalue weighted by atomic mass is 35.5. The number of esters is 2. The molecule has 0 atom stereocenters. The summed E-state index contributed by atoms with van der Waals surface area (Å²) in [6.07, 6.45) is -2.38. The zero-order valence-electron chi connectivity index (χ0n) is 17.3. The number of carbonyl (C=O) groups excluding carboxylic acids is 2. The minimum Gasteiger partial charge on any atom is -0.444 e. The number of hydrogen-bond acceptors (Lipinski definition) is 6. The van der Waals surface area contributed by atoms with Gasteiger partial charge in [0, 0.05) is 13.1 Å². The van der Waals surface area contributed by atoms with Crippen LogP contribution in [0.2, 0.25) is 5.02 Å². The van der Waals surface area contributed by atoms with Crippen LogP contribution in [-0.2, 0) is 27.5 Å². The highest BCUT2D eigenvalue weighted by Gasteiger charge is 2.36. The Balaban J connectivity index is 2.52. The lowest BCUT2D eigenvalue weighted by Gasteiger charge is -2.22. The molecule has 0 radical (unpaired) electrons. The number of carbonyl (C=O) groups is 2. The van der Waals surface area contributed by atoms with Gasteiger partial charge in [0.25, 0.3) is 5.56 Å². The van der Waals surface area contributed by atoms with Crippen LogP contribution in [0.3, 0.4) is 0 Å². The summed E-state index contributed by atoms with van der Waals surface area (Å²) < 4.78 is 49.7. The van der Waals surface area contributed by atoms with E-state index in [0.29, 0.717) is 4.57 Å². The average molecular weight is 475 g/mol. The van der Waals surface area contributed by atoms with Gasteiger partial charge in [0.15, 0.2) is 0 Å². The fourth-order valence-electron chi connectivity index (χ4n) is 2.54. The number of hydrogen-bond donors (Lipinski definition) is 0. The van der Waals surface area contributed by atoms with Crippen molar-refractivity contribution in [3.05, 3.63) is 73.7 Å². The van der Waals surface area contributed by atoms with Gasteiger partial charge in [-0.3, -0.25) is 9.36 Å². The Morgan fingerprint density at radius 1 is 1.12 bits per heavy atom. The third-order valence-corrected chi connectivity index (χ3v) is 4.52. The molecule has 0 spiro atoms. The molecule has 1 aromatic heterocycles. The van der Waals surface area contributed by atoms with Crippen molar-refractivity contribution in [3.8, 4) is 5.69 Å². The van der Waals surface area contributed by atoms with Crippen LogP contribution in [0.5, 0.6) is 0 Å². The first-order chi connectivity index (χ1) is 14.7. The van der Waals surface area contributed by atoms with E-state index in [9.17, 15) is 32.3 Å². The van der Waals surface area contributed by atoms with Crippen molar-refractivity contribution in [2.45, 2.75) is 32.5 Å². The van der Waals surface area contributed by atoms with Gasteiger partial charge in [-0.15, -0.1) is 0 Å². The summed E-state index contributed by atoms with van der Waals surface area (Å²) in [5, 5.41) is -0.145. The zero-order valence-corrected chi connectivity index (χ0v) is 18.1. The van der Waals surface area contributed by atoms with E-state index in [1.165, 1.54) is 26.0 Å². The molecule has 2 rings (SSSR count). The summed E-state index contributed by atoms with van der Waals surface area (Å²) >= 11 is 6.02. The third-order valence-electron chi connectivity index (χ3n) is 4.19. The predicted molar refractivity (Wildman–Crippen MR) is 108 cm³/mol. The van der Waals surface area contributed by atoms with Gasteiger partial charge in [-0.1, -0.05) is 17.7 Å². The van der Waals surface area contributed by atoms with E-state index in [-0.39, 0.29) is 26.9 Å². The summed E-state index contributed by atoms with van der Waals surface area (Å²) in [6.45, 7) is 4.14. The van der Waals surface area contributed by atoms with Gasteiger partial charge >= 0.3 is 23.8 Å². The Kier molecular flexibility index (Phi) is 7.03. The van der Waals surface area contributed by atoms with Crippen molar-refractivity contribution in [2.24, 2.45) is 7.05 Å². The molecule has 0 unspecified atom stereocenters. The van der Waals surface area contributed by atoms with Crippen molar-refractivity contribution >= 4 is 23.5 Å². The summed E-state index contributed by atoms with van der Waals surface area (Å²) in [5.41, 5.74) is -6.27. The first-order valence-corrected chi connectivity index (χ1v) is 9.34. The van der Waals surface area contributed by atoms with Gasteiger partial charge in [-0.05, 0) is 39.0 Å². The molecule has 0 aliphatic rings. The molecule has 0 saturated heterocycles. The van der Waals surface area contributed by atoms with Gasteiger partial charge in [0.2, 0.25) is 5.60 Å². The predicted octanol–water partition coefficient (Wildman–Crippen LogP) is 3.22. The van der Waals surface area contributed by atoms with Crippen LogP contribution >= 0.6 is 11.6 Å². The Bertz CT molecular complexity index is 1210. The molecule has 1 heterocycles. The Morgan fingerprint density at radius 3 is 2.31 bits per heavy atom. The lowest BCUT2D eigenvalue weighted by molar-refractivity contribution is -0.156. The molecule has 8 nitrogen and oxygen atoms in total. The first kappa shape index (κ1) is 24.9. The van der Waals surface area contributed by atoms with Gasteiger partial charge < -0.3 is 9.47 Å². The van der Waals surface area contributed by atoms with E-state index < -0.39 is 40.7 Å². The maximum absolute atomic E-state index is 13.0. The minimum absolute atomic E-state index is 0.145. The Labute approximate surface area is 184 Å². The molecule has 12 heteroatoms. The van der Waals surface area contributed by atoms with E-state index in [1.54, 1.807) is 6.92 Å². The van der Waals surface area contributed by atoms with E-state index >= 15 is 0 Å². The largest absolute Gasteiger partial charge is 0.444 e. The molecule has 32 heavy (non-hydrogen) atoms. The number of alkyl halides is 3. The molecule has 2 aromatic rings. The number of rotatable bonds is 5. The van der Waals surface area contributed by atoms with Crippen LogP contribution in [0.15, 0.2) is 46.2 Å². The minimum atomic E-state index is -4.92. The van der Waals surface area contributed by atoms with Crippen LogP contribution in [0, 0.1) is 0 Å². The van der Waals surface area contributed by atoms with Crippen molar-refractivity contribution in [2.75, 3.05) is 0 Å². The molecular weight excluding hydrogens is 457 g/mol. The van der Waals surface area contributed by atoms with Gasteiger partial charge in [-0.25, -0.2) is 19.0 Å². The fraction of sp³-hybridized carbons (Fsp3) is 0.300. The maximum Gasteiger partial charge on any atom is 0.431 e. The molecular formula is C20H18ClF3N2O6. The van der Waals surface area contributed by atoms with E-state index in [4.69, 9.17) is 21.1 Å². The molecule has 0 bridgehead atoms. The van der Waals surface area contributed by atoms with Crippen molar-refractivity contribution in [3.63, 3.8) is 0 Å². The van der Waals surface area contributed by atoms with Crippen molar-refractivity contribution < 1.29 is 32.2 Å². The van der Waals surface area contributed by atoms with Crippen LogP contribution < -0.4 is 11.2 Å². The van der Waals surface area contributed by atoms with Gasteiger partial charge in [0.05, 0.1) is 22.5 Å². The number of allylic oxidation sites excluding steroid dienone is 1. The Hall–Kier alpha value is -3.34. The molecule has 0 amide bonds. The average Bonchev–Trinajstić information content (AvgIpc) is 2.68. The third kappa shape index (κ3) is 5.10. The second-order valence-electron chi connectivity index (χ2n) is 6.98. The lowest BCUT2D eigenvalue weighted by atomic mass is 10.1. The summed E-state index contributed by atoms with van der Waals surface area (Å²) in [6, 6.07) is 3.57. The molecule has 1 aromatic carbocycles. The van der Waals surface area contributed by atoms with E-state index in [0.717, 1.165) is 25.4 Å². The molecule has 0 saturated carbocycles. The van der Waals surface area contributed by atoms with Gasteiger partial charge in [-0.2, -0.15) is 13.2 Å². The summed E-state index contributed by atoms with van der Waals surface area (Å²) in [5.74, 6) is -1.97. The first-order valence-electron chi connectivity index (χ1n) is 8.96. The monoisotopic (exact) mass is 474 g/mol. The van der Waals surface area contributed by atoms with E-state index in [2.05, 4.69) is 0 Å². The van der Waals surface area contributed by atoms with E-state index in [1.807, 2.05) is 0 Å². The number of nitrogens with zero attached hydrogens (tertiary/aromatic N) is 2. The maximum atomic E-state index is 13.0. The molecule has 0 fully saturated rings.